The highest BCUT2D eigenvalue weighted by atomic mass is 127. The first kappa shape index (κ1) is 12.6. The second-order valence-corrected chi connectivity index (χ2v) is 5.68. The van der Waals surface area contributed by atoms with Gasteiger partial charge in [0.15, 0.2) is 0 Å². The minimum absolute atomic E-state index is 0.478. The predicted octanol–water partition coefficient (Wildman–Crippen LogP) is 2.29. The number of halogens is 1. The summed E-state index contributed by atoms with van der Waals surface area (Å²) in [6, 6.07) is 5.38. The van der Waals surface area contributed by atoms with E-state index >= 15 is 0 Å². The van der Waals surface area contributed by atoms with Gasteiger partial charge in [-0.2, -0.15) is 0 Å². The summed E-state index contributed by atoms with van der Waals surface area (Å²) in [5.74, 6) is -0.0462. The van der Waals surface area contributed by atoms with Gasteiger partial charge in [0.2, 0.25) is 0 Å². The number of carboxylic acid groups (broad SMARTS) is 1. The van der Waals surface area contributed by atoms with Gasteiger partial charge in [0.1, 0.15) is 18.2 Å². The lowest BCUT2D eigenvalue weighted by atomic mass is 10.2. The Labute approximate surface area is 123 Å². The van der Waals surface area contributed by atoms with Gasteiger partial charge in [0.25, 0.3) is 0 Å². The Morgan fingerprint density at radius 1 is 1.42 bits per heavy atom. The number of aliphatic carboxylic acids is 1. The number of rotatable bonds is 2. The molecule has 0 radical (unpaired) electrons. The third-order valence-electron chi connectivity index (χ3n) is 3.40. The molecule has 0 unspecified atom stereocenters. The van der Waals surface area contributed by atoms with Crippen LogP contribution in [-0.2, 0) is 4.79 Å². The second-order valence-electron chi connectivity index (χ2n) is 4.52. The molecule has 1 fully saturated rings. The quantitative estimate of drug-likeness (QED) is 0.823. The smallest absolute Gasteiger partial charge is 0.326 e. The van der Waals surface area contributed by atoms with E-state index in [9.17, 15) is 9.90 Å². The molecule has 2 heterocycles. The van der Waals surface area contributed by atoms with Gasteiger partial charge in [-0.1, -0.05) is 6.07 Å². The summed E-state index contributed by atoms with van der Waals surface area (Å²) >= 11 is 2.24. The van der Waals surface area contributed by atoms with Crippen molar-refractivity contribution in [3.8, 4) is 0 Å². The third kappa shape index (κ3) is 2.13. The number of aromatic nitrogens is 2. The Kier molecular flexibility index (Phi) is 3.26. The summed E-state index contributed by atoms with van der Waals surface area (Å²) < 4.78 is 1.04. The van der Waals surface area contributed by atoms with E-state index in [0.717, 1.165) is 33.3 Å². The molecule has 1 aromatic heterocycles. The normalized spacial score (nSPS) is 19.0. The summed E-state index contributed by atoms with van der Waals surface area (Å²) in [5.41, 5.74) is 0.855. The molecule has 1 aromatic carbocycles. The zero-order chi connectivity index (χ0) is 13.4. The van der Waals surface area contributed by atoms with Crippen LogP contribution < -0.4 is 4.90 Å². The van der Waals surface area contributed by atoms with Crippen molar-refractivity contribution in [3.05, 3.63) is 28.1 Å². The van der Waals surface area contributed by atoms with E-state index in [2.05, 4.69) is 32.6 Å². The molecule has 6 heteroatoms. The van der Waals surface area contributed by atoms with Crippen molar-refractivity contribution in [1.29, 1.82) is 0 Å². The first-order valence-electron chi connectivity index (χ1n) is 6.07. The molecule has 98 valence electrons. The Morgan fingerprint density at radius 3 is 3.05 bits per heavy atom. The number of anilines is 1. The highest BCUT2D eigenvalue weighted by Gasteiger charge is 2.32. The molecule has 0 aliphatic carbocycles. The molecule has 0 spiro atoms. The van der Waals surface area contributed by atoms with Crippen LogP contribution in [0.1, 0.15) is 12.8 Å². The van der Waals surface area contributed by atoms with Crippen molar-refractivity contribution in [2.45, 2.75) is 18.9 Å². The lowest BCUT2D eigenvalue weighted by molar-refractivity contribution is -0.138. The highest BCUT2D eigenvalue weighted by Crippen LogP contribution is 2.32. The molecular formula is C13H12IN3O2. The molecule has 1 atom stereocenters. The number of carbonyl (C=O) groups is 1. The monoisotopic (exact) mass is 369 g/mol. The minimum Gasteiger partial charge on any atom is -0.480 e. The van der Waals surface area contributed by atoms with Crippen LogP contribution in [0, 0.1) is 3.57 Å². The van der Waals surface area contributed by atoms with Gasteiger partial charge >= 0.3 is 5.97 Å². The van der Waals surface area contributed by atoms with Crippen LogP contribution in [0.2, 0.25) is 0 Å². The topological polar surface area (TPSA) is 66.3 Å². The zero-order valence-electron chi connectivity index (χ0n) is 10.1. The molecule has 3 rings (SSSR count). The molecule has 5 nitrogen and oxygen atoms in total. The fourth-order valence-corrected chi connectivity index (χ4v) is 3.27. The average Bonchev–Trinajstić information content (AvgIpc) is 2.87. The number of benzene rings is 1. The average molecular weight is 369 g/mol. The van der Waals surface area contributed by atoms with Crippen LogP contribution in [-0.4, -0.2) is 33.6 Å². The van der Waals surface area contributed by atoms with Crippen molar-refractivity contribution >= 4 is 45.3 Å². The van der Waals surface area contributed by atoms with E-state index < -0.39 is 12.0 Å². The van der Waals surface area contributed by atoms with Gasteiger partial charge in [-0.05, 0) is 47.6 Å². The van der Waals surface area contributed by atoms with Gasteiger partial charge in [-0.15, -0.1) is 0 Å². The fourth-order valence-electron chi connectivity index (χ4n) is 2.55. The van der Waals surface area contributed by atoms with E-state index in [4.69, 9.17) is 0 Å². The second kappa shape index (κ2) is 4.92. The van der Waals surface area contributed by atoms with E-state index in [-0.39, 0.29) is 0 Å². The SMILES string of the molecule is O=C(O)[C@@H]1CCCN1c1ncnc2cccc(I)c12. The summed E-state index contributed by atoms with van der Waals surface area (Å²) in [6.07, 6.45) is 3.06. The molecule has 1 aliphatic heterocycles. The van der Waals surface area contributed by atoms with Crippen LogP contribution in [0.3, 0.4) is 0 Å². The summed E-state index contributed by atoms with van der Waals surface area (Å²) in [7, 11) is 0. The van der Waals surface area contributed by atoms with Crippen molar-refractivity contribution in [3.63, 3.8) is 0 Å². The van der Waals surface area contributed by atoms with Crippen molar-refractivity contribution < 1.29 is 9.90 Å². The summed E-state index contributed by atoms with van der Waals surface area (Å²) in [5, 5.41) is 10.2. The van der Waals surface area contributed by atoms with Crippen LogP contribution in [0.4, 0.5) is 5.82 Å². The molecule has 0 amide bonds. The van der Waals surface area contributed by atoms with Crippen molar-refractivity contribution in [2.75, 3.05) is 11.4 Å². The molecule has 1 saturated heterocycles. The Balaban J connectivity index is 2.17. The first-order chi connectivity index (χ1) is 9.18. The minimum atomic E-state index is -0.782. The van der Waals surface area contributed by atoms with E-state index in [1.807, 2.05) is 23.1 Å². The summed E-state index contributed by atoms with van der Waals surface area (Å²) in [6.45, 7) is 0.730. The lowest BCUT2D eigenvalue weighted by Crippen LogP contribution is -2.36. The number of fused-ring (bicyclic) bond motifs is 1. The molecule has 1 N–H and O–H groups in total. The number of carboxylic acids is 1. The maximum absolute atomic E-state index is 11.3. The first-order valence-corrected chi connectivity index (χ1v) is 7.15. The van der Waals surface area contributed by atoms with Gasteiger partial charge < -0.3 is 10.0 Å². The summed E-state index contributed by atoms with van der Waals surface area (Å²) in [4.78, 5) is 21.8. The van der Waals surface area contributed by atoms with Crippen molar-refractivity contribution in [2.24, 2.45) is 0 Å². The molecular weight excluding hydrogens is 357 g/mol. The van der Waals surface area contributed by atoms with Crippen molar-refractivity contribution in [1.82, 2.24) is 9.97 Å². The van der Waals surface area contributed by atoms with Crippen LogP contribution in [0.5, 0.6) is 0 Å². The Morgan fingerprint density at radius 2 is 2.26 bits per heavy atom. The number of nitrogens with zero attached hydrogens (tertiary/aromatic N) is 3. The van der Waals surface area contributed by atoms with E-state index in [1.165, 1.54) is 6.33 Å². The van der Waals surface area contributed by atoms with Crippen LogP contribution in [0.15, 0.2) is 24.5 Å². The zero-order valence-corrected chi connectivity index (χ0v) is 12.2. The number of hydrogen-bond donors (Lipinski definition) is 1. The highest BCUT2D eigenvalue weighted by molar-refractivity contribution is 14.1. The third-order valence-corrected chi connectivity index (χ3v) is 4.30. The molecule has 0 bridgehead atoms. The fraction of sp³-hybridized carbons (Fsp3) is 0.308. The van der Waals surface area contributed by atoms with Crippen LogP contribution >= 0.6 is 22.6 Å². The van der Waals surface area contributed by atoms with Gasteiger partial charge in [0, 0.05) is 10.1 Å². The molecule has 19 heavy (non-hydrogen) atoms. The lowest BCUT2D eigenvalue weighted by Gasteiger charge is -2.23. The molecule has 2 aromatic rings. The van der Waals surface area contributed by atoms with E-state index in [0.29, 0.717) is 6.42 Å². The Hall–Kier alpha value is -1.44. The predicted molar refractivity (Wildman–Crippen MR) is 80.3 cm³/mol. The van der Waals surface area contributed by atoms with Crippen LogP contribution in [0.25, 0.3) is 10.9 Å². The largest absolute Gasteiger partial charge is 0.480 e. The van der Waals surface area contributed by atoms with Gasteiger partial charge in [0.05, 0.1) is 10.9 Å². The van der Waals surface area contributed by atoms with Gasteiger partial charge in [-0.3, -0.25) is 0 Å². The van der Waals surface area contributed by atoms with E-state index in [1.54, 1.807) is 0 Å². The molecule has 0 saturated carbocycles. The number of hydrogen-bond acceptors (Lipinski definition) is 4. The standard InChI is InChI=1S/C13H12IN3O2/c14-8-3-1-4-9-11(8)12(16-7-15-9)17-6-2-5-10(17)13(18)19/h1,3-4,7,10H,2,5-6H2,(H,18,19)/t10-/m0/s1. The van der Waals surface area contributed by atoms with Gasteiger partial charge in [-0.25, -0.2) is 14.8 Å². The maximum Gasteiger partial charge on any atom is 0.326 e. The Bertz CT molecular complexity index is 642. The molecule has 1 aliphatic rings. The maximum atomic E-state index is 11.3.